The van der Waals surface area contributed by atoms with Gasteiger partial charge in [0.25, 0.3) is 5.91 Å². The van der Waals surface area contributed by atoms with E-state index in [0.29, 0.717) is 24.7 Å². The van der Waals surface area contributed by atoms with Gasteiger partial charge in [-0.2, -0.15) is 4.31 Å². The second kappa shape index (κ2) is 10.9. The van der Waals surface area contributed by atoms with Crippen LogP contribution in [0.2, 0.25) is 0 Å². The quantitative estimate of drug-likeness (QED) is 0.496. The van der Waals surface area contributed by atoms with Crippen LogP contribution < -0.4 is 10.6 Å². The van der Waals surface area contributed by atoms with Gasteiger partial charge in [0.2, 0.25) is 15.9 Å². The van der Waals surface area contributed by atoms with E-state index in [4.69, 9.17) is 4.42 Å². The maximum atomic E-state index is 13.1. The van der Waals surface area contributed by atoms with Crippen molar-refractivity contribution in [3.05, 3.63) is 84.3 Å². The summed E-state index contributed by atoms with van der Waals surface area (Å²) in [5, 5.41) is 5.24. The Morgan fingerprint density at radius 2 is 1.69 bits per heavy atom. The van der Waals surface area contributed by atoms with Gasteiger partial charge in [-0.1, -0.05) is 30.3 Å². The lowest BCUT2D eigenvalue weighted by atomic mass is 9.91. The second-order valence-corrected chi connectivity index (χ2v) is 10.7. The van der Waals surface area contributed by atoms with Gasteiger partial charge in [-0.05, 0) is 74.1 Å². The highest BCUT2D eigenvalue weighted by Crippen LogP contribution is 2.26. The summed E-state index contributed by atoms with van der Waals surface area (Å²) in [5.74, 6) is -0.340. The fourth-order valence-corrected chi connectivity index (χ4v) is 5.62. The predicted molar refractivity (Wildman–Crippen MR) is 132 cm³/mol. The number of hydrogen-bond donors (Lipinski definition) is 2. The van der Waals surface area contributed by atoms with Crippen molar-refractivity contribution in [2.24, 2.45) is 5.92 Å². The van der Waals surface area contributed by atoms with Gasteiger partial charge in [-0.25, -0.2) is 8.42 Å². The molecule has 0 bridgehead atoms. The Labute approximate surface area is 205 Å². The number of nitrogens with one attached hydrogen (secondary N) is 2. The summed E-state index contributed by atoms with van der Waals surface area (Å²) in [4.78, 5) is 24.7. The van der Waals surface area contributed by atoms with Crippen LogP contribution in [0, 0.1) is 5.92 Å². The highest BCUT2D eigenvalue weighted by molar-refractivity contribution is 7.89. The van der Waals surface area contributed by atoms with E-state index >= 15 is 0 Å². The molecule has 1 aliphatic heterocycles. The molecule has 35 heavy (non-hydrogen) atoms. The average molecular weight is 496 g/mol. The number of anilines is 1. The van der Waals surface area contributed by atoms with E-state index in [1.54, 1.807) is 25.1 Å². The zero-order valence-corrected chi connectivity index (χ0v) is 20.3. The molecule has 0 saturated carbocycles. The molecule has 0 aliphatic carbocycles. The van der Waals surface area contributed by atoms with Gasteiger partial charge in [-0.15, -0.1) is 0 Å². The van der Waals surface area contributed by atoms with Gasteiger partial charge in [-0.3, -0.25) is 9.59 Å². The second-order valence-electron chi connectivity index (χ2n) is 8.72. The Balaban J connectivity index is 1.30. The molecule has 2 N–H and O–H groups in total. The zero-order valence-electron chi connectivity index (χ0n) is 19.5. The summed E-state index contributed by atoms with van der Waals surface area (Å²) in [7, 11) is -3.61. The van der Waals surface area contributed by atoms with E-state index in [0.717, 1.165) is 19.3 Å². The summed E-state index contributed by atoms with van der Waals surface area (Å²) in [5.41, 5.74) is 1.72. The molecule has 1 aromatic heterocycles. The molecule has 1 unspecified atom stereocenters. The normalized spacial score (nSPS) is 15.9. The zero-order chi connectivity index (χ0) is 24.8. The third-order valence-corrected chi connectivity index (χ3v) is 8.10. The molecule has 4 rings (SSSR count). The highest BCUT2D eigenvalue weighted by atomic mass is 32.2. The predicted octanol–water partition coefficient (Wildman–Crippen LogP) is 3.68. The molecule has 1 aliphatic rings. The van der Waals surface area contributed by atoms with Crippen LogP contribution in [0.4, 0.5) is 5.69 Å². The first-order valence-electron chi connectivity index (χ1n) is 11.6. The molecule has 3 aromatic rings. The molecule has 184 valence electrons. The number of amides is 2. The third-order valence-electron chi connectivity index (χ3n) is 6.19. The van der Waals surface area contributed by atoms with Gasteiger partial charge >= 0.3 is 0 Å². The van der Waals surface area contributed by atoms with E-state index < -0.39 is 27.9 Å². The molecule has 2 aromatic carbocycles. The number of furan rings is 1. The number of piperidine rings is 1. The average Bonchev–Trinajstić information content (AvgIpc) is 3.41. The number of benzene rings is 2. The maximum Gasteiger partial charge on any atom is 0.287 e. The molecule has 0 spiro atoms. The van der Waals surface area contributed by atoms with E-state index in [9.17, 15) is 18.0 Å². The van der Waals surface area contributed by atoms with Crippen LogP contribution in [0.25, 0.3) is 0 Å². The fraction of sp³-hybridized carbons (Fsp3) is 0.308. The summed E-state index contributed by atoms with van der Waals surface area (Å²) in [6.07, 6.45) is 3.99. The first kappa shape index (κ1) is 24.7. The molecule has 1 fully saturated rings. The van der Waals surface area contributed by atoms with Crippen LogP contribution >= 0.6 is 0 Å². The Hall–Kier alpha value is -3.43. The number of rotatable bonds is 8. The van der Waals surface area contributed by atoms with Crippen molar-refractivity contribution >= 4 is 27.5 Å². The van der Waals surface area contributed by atoms with Crippen LogP contribution in [0.15, 0.2) is 82.3 Å². The molecule has 2 heterocycles. The van der Waals surface area contributed by atoms with E-state index in [1.165, 1.54) is 34.3 Å². The summed E-state index contributed by atoms with van der Waals surface area (Å²) in [6.45, 7) is 2.53. The van der Waals surface area contributed by atoms with Crippen LogP contribution in [0.5, 0.6) is 0 Å². The highest BCUT2D eigenvalue weighted by Gasteiger charge is 2.29. The molecule has 2 amide bonds. The molecular formula is C26H29N3O5S. The van der Waals surface area contributed by atoms with Crippen molar-refractivity contribution in [1.29, 1.82) is 0 Å². The number of nitrogens with zero attached hydrogens (tertiary/aromatic N) is 1. The van der Waals surface area contributed by atoms with Crippen molar-refractivity contribution in [3.63, 3.8) is 0 Å². The lowest BCUT2D eigenvalue weighted by Gasteiger charge is -2.31. The number of hydrogen-bond acceptors (Lipinski definition) is 5. The third kappa shape index (κ3) is 6.17. The first-order chi connectivity index (χ1) is 16.8. The van der Waals surface area contributed by atoms with Crippen LogP contribution in [0.3, 0.4) is 0 Å². The molecular weight excluding hydrogens is 466 g/mol. The van der Waals surface area contributed by atoms with Gasteiger partial charge in [0.15, 0.2) is 5.76 Å². The molecule has 0 radical (unpaired) electrons. The minimum absolute atomic E-state index is 0.114. The summed E-state index contributed by atoms with van der Waals surface area (Å²) in [6, 6.07) is 18.6. The van der Waals surface area contributed by atoms with Crippen LogP contribution in [-0.2, 0) is 21.2 Å². The van der Waals surface area contributed by atoms with Gasteiger partial charge in [0.1, 0.15) is 6.04 Å². The van der Waals surface area contributed by atoms with E-state index in [2.05, 4.69) is 22.8 Å². The molecule has 1 atom stereocenters. The Kier molecular flexibility index (Phi) is 7.67. The topological polar surface area (TPSA) is 109 Å². The molecule has 1 saturated heterocycles. The molecule has 9 heteroatoms. The minimum Gasteiger partial charge on any atom is -0.459 e. The lowest BCUT2D eigenvalue weighted by Crippen LogP contribution is -2.41. The Bertz CT molecular complexity index is 1230. The van der Waals surface area contributed by atoms with Crippen LogP contribution in [0.1, 0.15) is 35.9 Å². The monoisotopic (exact) mass is 495 g/mol. The fourth-order valence-electron chi connectivity index (χ4n) is 4.15. The smallest absolute Gasteiger partial charge is 0.287 e. The minimum atomic E-state index is -3.61. The lowest BCUT2D eigenvalue weighted by molar-refractivity contribution is -0.117. The van der Waals surface area contributed by atoms with Gasteiger partial charge in [0, 0.05) is 18.8 Å². The number of carbonyl (C=O) groups is 2. The number of carbonyl (C=O) groups excluding carboxylic acids is 2. The van der Waals surface area contributed by atoms with Gasteiger partial charge in [0.05, 0.1) is 11.2 Å². The van der Waals surface area contributed by atoms with Crippen molar-refractivity contribution in [3.8, 4) is 0 Å². The Morgan fingerprint density at radius 3 is 2.31 bits per heavy atom. The van der Waals surface area contributed by atoms with Crippen molar-refractivity contribution in [1.82, 2.24) is 9.62 Å². The first-order valence-corrected chi connectivity index (χ1v) is 13.1. The van der Waals surface area contributed by atoms with E-state index in [1.807, 2.05) is 18.2 Å². The SMILES string of the molecule is CC(NC(=O)c1ccco1)C(=O)Nc1ccc(S(=O)(=O)N2CCC(Cc3ccccc3)CC2)cc1. The van der Waals surface area contributed by atoms with Crippen molar-refractivity contribution in [2.75, 3.05) is 18.4 Å². The van der Waals surface area contributed by atoms with E-state index in [-0.39, 0.29) is 10.7 Å². The molecule has 8 nitrogen and oxygen atoms in total. The summed E-state index contributed by atoms with van der Waals surface area (Å²) < 4.78 is 32.8. The standard InChI is InChI=1S/C26H29N3O5S/c1-19(27-26(31)24-8-5-17-34-24)25(30)28-22-9-11-23(12-10-22)35(32,33)29-15-13-21(14-16-29)18-20-6-3-2-4-7-20/h2-12,17,19,21H,13-16,18H2,1H3,(H,27,31)(H,28,30). The summed E-state index contributed by atoms with van der Waals surface area (Å²) >= 11 is 0. The maximum absolute atomic E-state index is 13.1. The van der Waals surface area contributed by atoms with Crippen molar-refractivity contribution in [2.45, 2.75) is 37.1 Å². The number of sulfonamides is 1. The van der Waals surface area contributed by atoms with Gasteiger partial charge < -0.3 is 15.1 Å². The van der Waals surface area contributed by atoms with Crippen LogP contribution in [-0.4, -0.2) is 43.7 Å². The largest absolute Gasteiger partial charge is 0.459 e. The Morgan fingerprint density at radius 1 is 1.00 bits per heavy atom. The van der Waals surface area contributed by atoms with Crippen molar-refractivity contribution < 1.29 is 22.4 Å².